The van der Waals surface area contributed by atoms with E-state index in [2.05, 4.69) is 12.2 Å². The molecule has 3 N–H and O–H groups in total. The molecule has 2 rings (SSSR count). The highest BCUT2D eigenvalue weighted by Crippen LogP contribution is 2.32. The smallest absolute Gasteiger partial charge is 0.225 e. The van der Waals surface area contributed by atoms with Gasteiger partial charge in [-0.1, -0.05) is 32.1 Å². The molecule has 3 atom stereocenters. The highest BCUT2D eigenvalue weighted by molar-refractivity contribution is 5.80. The third-order valence-electron chi connectivity index (χ3n) is 5.30. The Morgan fingerprint density at radius 2 is 1.79 bits per heavy atom. The van der Waals surface area contributed by atoms with Gasteiger partial charge in [0.1, 0.15) is 0 Å². The second-order valence-corrected chi connectivity index (χ2v) is 7.00. The van der Waals surface area contributed by atoms with Gasteiger partial charge in [0.25, 0.3) is 0 Å². The Hall–Kier alpha value is -0.570. The maximum Gasteiger partial charge on any atom is 0.225 e. The van der Waals surface area contributed by atoms with Crippen molar-refractivity contribution in [3.8, 4) is 0 Å². The van der Waals surface area contributed by atoms with Crippen molar-refractivity contribution in [2.24, 2.45) is 17.6 Å². The molecule has 3 heteroatoms. The van der Waals surface area contributed by atoms with Crippen molar-refractivity contribution in [3.05, 3.63) is 0 Å². The summed E-state index contributed by atoms with van der Waals surface area (Å²) in [6.07, 6.45) is 10.8. The van der Waals surface area contributed by atoms with E-state index >= 15 is 0 Å². The molecule has 110 valence electrons. The first-order valence-corrected chi connectivity index (χ1v) is 8.10. The molecule has 0 aromatic carbocycles. The maximum absolute atomic E-state index is 12.5. The van der Waals surface area contributed by atoms with E-state index in [1.807, 2.05) is 6.92 Å². The Morgan fingerprint density at radius 1 is 1.16 bits per heavy atom. The Kier molecular flexibility index (Phi) is 4.88. The van der Waals surface area contributed by atoms with Crippen LogP contribution in [0.25, 0.3) is 0 Å². The van der Waals surface area contributed by atoms with Crippen LogP contribution in [-0.2, 0) is 4.79 Å². The van der Waals surface area contributed by atoms with Crippen molar-refractivity contribution in [3.63, 3.8) is 0 Å². The van der Waals surface area contributed by atoms with Crippen LogP contribution in [0.1, 0.15) is 71.6 Å². The van der Waals surface area contributed by atoms with E-state index in [0.29, 0.717) is 12.0 Å². The Labute approximate surface area is 117 Å². The highest BCUT2D eigenvalue weighted by atomic mass is 16.2. The van der Waals surface area contributed by atoms with Crippen LogP contribution in [0.4, 0.5) is 0 Å². The molecule has 0 heterocycles. The molecule has 3 nitrogen and oxygen atoms in total. The SMILES string of the molecule is CC(NC(=O)C1CCCCC1(C)N)C1CCCCC1. The second kappa shape index (κ2) is 6.25. The molecule has 0 aliphatic heterocycles. The van der Waals surface area contributed by atoms with E-state index in [1.54, 1.807) is 0 Å². The fourth-order valence-electron chi connectivity index (χ4n) is 3.87. The zero-order valence-electron chi connectivity index (χ0n) is 12.6. The fourth-order valence-corrected chi connectivity index (χ4v) is 3.87. The summed E-state index contributed by atoms with van der Waals surface area (Å²) >= 11 is 0. The predicted molar refractivity (Wildman–Crippen MR) is 78.7 cm³/mol. The minimum absolute atomic E-state index is 0.00675. The van der Waals surface area contributed by atoms with Gasteiger partial charge in [0.05, 0.1) is 5.92 Å². The number of carbonyl (C=O) groups is 1. The summed E-state index contributed by atoms with van der Waals surface area (Å²) in [6.45, 7) is 4.21. The fraction of sp³-hybridized carbons (Fsp3) is 0.938. The standard InChI is InChI=1S/C16H30N2O/c1-12(13-8-4-3-5-9-13)18-15(19)14-10-6-7-11-16(14,2)17/h12-14H,3-11,17H2,1-2H3,(H,18,19). The van der Waals surface area contributed by atoms with Crippen LogP contribution >= 0.6 is 0 Å². The quantitative estimate of drug-likeness (QED) is 0.825. The van der Waals surface area contributed by atoms with Crippen LogP contribution in [0, 0.1) is 11.8 Å². The Bertz CT molecular complexity index is 308. The van der Waals surface area contributed by atoms with Gasteiger partial charge in [-0.25, -0.2) is 0 Å². The molecule has 0 saturated heterocycles. The summed E-state index contributed by atoms with van der Waals surface area (Å²) in [4.78, 5) is 12.5. The van der Waals surface area contributed by atoms with E-state index in [0.717, 1.165) is 25.7 Å². The van der Waals surface area contributed by atoms with Crippen molar-refractivity contribution in [1.82, 2.24) is 5.32 Å². The number of nitrogens with one attached hydrogen (secondary N) is 1. The molecule has 2 aliphatic rings. The molecule has 3 unspecified atom stereocenters. The number of carbonyl (C=O) groups excluding carboxylic acids is 1. The van der Waals surface area contributed by atoms with E-state index in [-0.39, 0.29) is 17.4 Å². The molecule has 1 amide bonds. The first kappa shape index (κ1) is 14.8. The summed E-state index contributed by atoms with van der Waals surface area (Å²) in [7, 11) is 0. The van der Waals surface area contributed by atoms with Crippen LogP contribution in [0.15, 0.2) is 0 Å². The van der Waals surface area contributed by atoms with Gasteiger partial charge in [0, 0.05) is 11.6 Å². The number of hydrogen-bond donors (Lipinski definition) is 2. The van der Waals surface area contributed by atoms with Crippen LogP contribution < -0.4 is 11.1 Å². The zero-order valence-corrected chi connectivity index (χ0v) is 12.6. The average molecular weight is 266 g/mol. The molecular formula is C16H30N2O. The molecule has 0 radical (unpaired) electrons. The second-order valence-electron chi connectivity index (χ2n) is 7.00. The predicted octanol–water partition coefficient (Wildman–Crippen LogP) is 2.98. The van der Waals surface area contributed by atoms with Gasteiger partial charge in [-0.2, -0.15) is 0 Å². The molecule has 0 bridgehead atoms. The summed E-state index contributed by atoms with van der Waals surface area (Å²) in [5.41, 5.74) is 6.01. The van der Waals surface area contributed by atoms with Crippen LogP contribution in [0.5, 0.6) is 0 Å². The molecule has 0 aromatic rings. The average Bonchev–Trinajstić information content (AvgIpc) is 2.39. The van der Waals surface area contributed by atoms with Gasteiger partial charge < -0.3 is 11.1 Å². The first-order chi connectivity index (χ1) is 9.00. The van der Waals surface area contributed by atoms with E-state index in [9.17, 15) is 4.79 Å². The Morgan fingerprint density at radius 3 is 2.42 bits per heavy atom. The lowest BCUT2D eigenvalue weighted by Crippen LogP contribution is -2.54. The molecule has 0 aromatic heterocycles. The van der Waals surface area contributed by atoms with Crippen molar-refractivity contribution in [2.75, 3.05) is 0 Å². The van der Waals surface area contributed by atoms with Crippen LogP contribution in [0.2, 0.25) is 0 Å². The molecule has 2 fully saturated rings. The normalized spacial score (nSPS) is 34.8. The molecule has 2 aliphatic carbocycles. The van der Waals surface area contributed by atoms with Gasteiger partial charge in [-0.15, -0.1) is 0 Å². The lowest BCUT2D eigenvalue weighted by atomic mass is 9.74. The van der Waals surface area contributed by atoms with Gasteiger partial charge >= 0.3 is 0 Å². The number of nitrogens with two attached hydrogens (primary N) is 1. The summed E-state index contributed by atoms with van der Waals surface area (Å²) in [5, 5.41) is 3.26. The van der Waals surface area contributed by atoms with E-state index in [4.69, 9.17) is 5.73 Å². The van der Waals surface area contributed by atoms with Crippen molar-refractivity contribution < 1.29 is 4.79 Å². The first-order valence-electron chi connectivity index (χ1n) is 8.10. The number of rotatable bonds is 3. The summed E-state index contributed by atoms with van der Waals surface area (Å²) in [5.74, 6) is 0.875. The lowest BCUT2D eigenvalue weighted by Gasteiger charge is -2.38. The number of amides is 1. The van der Waals surface area contributed by atoms with E-state index < -0.39 is 0 Å². The van der Waals surface area contributed by atoms with Crippen molar-refractivity contribution in [2.45, 2.75) is 83.2 Å². The highest BCUT2D eigenvalue weighted by Gasteiger charge is 2.38. The van der Waals surface area contributed by atoms with Crippen molar-refractivity contribution in [1.29, 1.82) is 0 Å². The third-order valence-corrected chi connectivity index (χ3v) is 5.30. The lowest BCUT2D eigenvalue weighted by molar-refractivity contribution is -0.129. The van der Waals surface area contributed by atoms with Gasteiger partial charge in [-0.3, -0.25) is 4.79 Å². The number of hydrogen-bond acceptors (Lipinski definition) is 2. The molecular weight excluding hydrogens is 236 g/mol. The molecule has 2 saturated carbocycles. The third kappa shape index (κ3) is 3.71. The summed E-state index contributed by atoms with van der Waals surface area (Å²) < 4.78 is 0. The van der Waals surface area contributed by atoms with Gasteiger partial charge in [0.15, 0.2) is 0 Å². The largest absolute Gasteiger partial charge is 0.353 e. The topological polar surface area (TPSA) is 55.1 Å². The van der Waals surface area contributed by atoms with Crippen molar-refractivity contribution >= 4 is 5.91 Å². The van der Waals surface area contributed by atoms with Gasteiger partial charge in [-0.05, 0) is 45.4 Å². The minimum atomic E-state index is -0.311. The maximum atomic E-state index is 12.5. The monoisotopic (exact) mass is 266 g/mol. The van der Waals surface area contributed by atoms with Gasteiger partial charge in [0.2, 0.25) is 5.91 Å². The summed E-state index contributed by atoms with van der Waals surface area (Å²) in [6, 6.07) is 0.311. The molecule has 19 heavy (non-hydrogen) atoms. The zero-order chi connectivity index (χ0) is 13.9. The minimum Gasteiger partial charge on any atom is -0.353 e. The van der Waals surface area contributed by atoms with E-state index in [1.165, 1.54) is 32.1 Å². The van der Waals surface area contributed by atoms with Crippen LogP contribution in [0.3, 0.4) is 0 Å². The molecule has 0 spiro atoms. The Balaban J connectivity index is 1.88. The van der Waals surface area contributed by atoms with Crippen LogP contribution in [-0.4, -0.2) is 17.5 Å².